The van der Waals surface area contributed by atoms with Gasteiger partial charge in [0.2, 0.25) is 0 Å². The molecule has 0 aliphatic heterocycles. The lowest BCUT2D eigenvalue weighted by Gasteiger charge is -2.08. The van der Waals surface area contributed by atoms with Crippen LogP contribution in [0.4, 0.5) is 5.69 Å². The Morgan fingerprint density at radius 2 is 2.25 bits per heavy atom. The molecule has 1 amide bonds. The van der Waals surface area contributed by atoms with E-state index in [0.717, 1.165) is 5.69 Å². The Labute approximate surface area is 118 Å². The fourth-order valence-electron chi connectivity index (χ4n) is 1.81. The van der Waals surface area contributed by atoms with Crippen molar-refractivity contribution in [1.29, 1.82) is 0 Å². The first-order valence-electron chi connectivity index (χ1n) is 6.61. The number of nitrogens with zero attached hydrogens (tertiary/aromatic N) is 3. The third kappa shape index (κ3) is 3.42. The van der Waals surface area contributed by atoms with Crippen molar-refractivity contribution in [2.45, 2.75) is 26.3 Å². The van der Waals surface area contributed by atoms with E-state index >= 15 is 0 Å². The number of nitrogens with two attached hydrogens (primary N) is 1. The highest BCUT2D eigenvalue weighted by atomic mass is 16.2. The van der Waals surface area contributed by atoms with Crippen LogP contribution in [0, 0.1) is 0 Å². The number of carbonyl (C=O) groups is 1. The van der Waals surface area contributed by atoms with E-state index in [1.807, 2.05) is 24.3 Å². The molecule has 0 spiro atoms. The Kier molecular flexibility index (Phi) is 4.47. The molecular formula is C14H19N5O. The van der Waals surface area contributed by atoms with Crippen LogP contribution in [-0.4, -0.2) is 27.4 Å². The zero-order valence-corrected chi connectivity index (χ0v) is 11.7. The largest absolute Gasteiger partial charge is 0.329 e. The zero-order valence-electron chi connectivity index (χ0n) is 11.7. The zero-order chi connectivity index (χ0) is 14.5. The number of carbonyl (C=O) groups excluding carboxylic acids is 1. The molecule has 0 saturated heterocycles. The lowest BCUT2D eigenvalue weighted by atomic mass is 10.0. The summed E-state index contributed by atoms with van der Waals surface area (Å²) in [6.07, 6.45) is 1.59. The molecule has 1 aromatic heterocycles. The first kappa shape index (κ1) is 14.2. The first-order valence-corrected chi connectivity index (χ1v) is 6.61. The minimum Gasteiger partial charge on any atom is -0.329 e. The molecule has 106 valence electrons. The van der Waals surface area contributed by atoms with Gasteiger partial charge in [-0.3, -0.25) is 9.48 Å². The first-order chi connectivity index (χ1) is 9.60. The van der Waals surface area contributed by atoms with E-state index in [1.165, 1.54) is 5.56 Å². The van der Waals surface area contributed by atoms with Gasteiger partial charge in [-0.15, -0.1) is 5.10 Å². The van der Waals surface area contributed by atoms with E-state index in [0.29, 0.717) is 19.0 Å². The highest BCUT2D eigenvalue weighted by Gasteiger charge is 2.11. The Bertz CT molecular complexity index is 591. The van der Waals surface area contributed by atoms with E-state index in [1.54, 1.807) is 10.9 Å². The predicted molar refractivity (Wildman–Crippen MR) is 77.6 cm³/mol. The van der Waals surface area contributed by atoms with Crippen molar-refractivity contribution in [3.05, 3.63) is 41.7 Å². The molecule has 0 aliphatic carbocycles. The summed E-state index contributed by atoms with van der Waals surface area (Å²) in [6, 6.07) is 7.79. The molecule has 2 rings (SSSR count). The van der Waals surface area contributed by atoms with Crippen molar-refractivity contribution in [1.82, 2.24) is 15.0 Å². The molecule has 0 aliphatic rings. The molecule has 0 saturated carbocycles. The third-order valence-corrected chi connectivity index (χ3v) is 2.94. The third-order valence-electron chi connectivity index (χ3n) is 2.94. The van der Waals surface area contributed by atoms with Crippen LogP contribution in [-0.2, 0) is 6.54 Å². The fraction of sp³-hybridized carbons (Fsp3) is 0.357. The minimum absolute atomic E-state index is 0.269. The van der Waals surface area contributed by atoms with Gasteiger partial charge < -0.3 is 11.1 Å². The number of benzene rings is 1. The number of aromatic nitrogens is 3. The summed E-state index contributed by atoms with van der Waals surface area (Å²) in [5.41, 5.74) is 7.65. The van der Waals surface area contributed by atoms with Crippen molar-refractivity contribution in [3.63, 3.8) is 0 Å². The summed E-state index contributed by atoms with van der Waals surface area (Å²) in [4.78, 5) is 12.1. The summed E-state index contributed by atoms with van der Waals surface area (Å²) < 4.78 is 1.56. The molecule has 0 radical (unpaired) electrons. The lowest BCUT2D eigenvalue weighted by Crippen LogP contribution is -2.13. The maximum absolute atomic E-state index is 12.1. The van der Waals surface area contributed by atoms with Gasteiger partial charge in [0.05, 0.1) is 12.7 Å². The number of anilines is 1. The summed E-state index contributed by atoms with van der Waals surface area (Å²) in [6.45, 7) is 5.22. The van der Waals surface area contributed by atoms with E-state index in [9.17, 15) is 4.79 Å². The van der Waals surface area contributed by atoms with Gasteiger partial charge in [0.25, 0.3) is 5.91 Å². The summed E-state index contributed by atoms with van der Waals surface area (Å²) >= 11 is 0. The van der Waals surface area contributed by atoms with Crippen LogP contribution in [0.25, 0.3) is 0 Å². The van der Waals surface area contributed by atoms with Crippen LogP contribution in [0.5, 0.6) is 0 Å². The van der Waals surface area contributed by atoms with Crippen LogP contribution < -0.4 is 11.1 Å². The average molecular weight is 273 g/mol. The Balaban J connectivity index is 2.08. The van der Waals surface area contributed by atoms with E-state index in [2.05, 4.69) is 29.5 Å². The van der Waals surface area contributed by atoms with Crippen LogP contribution in [0.1, 0.15) is 35.8 Å². The smallest absolute Gasteiger partial charge is 0.277 e. The Morgan fingerprint density at radius 1 is 1.45 bits per heavy atom. The number of hydrogen-bond acceptors (Lipinski definition) is 4. The van der Waals surface area contributed by atoms with Gasteiger partial charge in [-0.25, -0.2) is 0 Å². The van der Waals surface area contributed by atoms with Gasteiger partial charge >= 0.3 is 0 Å². The monoisotopic (exact) mass is 273 g/mol. The van der Waals surface area contributed by atoms with Gasteiger partial charge in [0.1, 0.15) is 0 Å². The van der Waals surface area contributed by atoms with Gasteiger partial charge in [-0.1, -0.05) is 31.2 Å². The second-order valence-electron chi connectivity index (χ2n) is 4.89. The van der Waals surface area contributed by atoms with E-state index in [4.69, 9.17) is 5.73 Å². The van der Waals surface area contributed by atoms with Crippen LogP contribution in [0.3, 0.4) is 0 Å². The number of nitrogens with one attached hydrogen (secondary N) is 1. The quantitative estimate of drug-likeness (QED) is 0.866. The van der Waals surface area contributed by atoms with Crippen LogP contribution in [0.15, 0.2) is 30.5 Å². The van der Waals surface area contributed by atoms with Crippen molar-refractivity contribution in [2.75, 3.05) is 11.9 Å². The molecular weight excluding hydrogens is 254 g/mol. The summed E-state index contributed by atoms with van der Waals surface area (Å²) in [7, 11) is 0. The van der Waals surface area contributed by atoms with Gasteiger partial charge in [-0.2, -0.15) is 0 Å². The van der Waals surface area contributed by atoms with Gasteiger partial charge in [0.15, 0.2) is 5.69 Å². The molecule has 6 heteroatoms. The molecule has 2 aromatic rings. The molecule has 1 heterocycles. The maximum Gasteiger partial charge on any atom is 0.277 e. The highest BCUT2D eigenvalue weighted by Crippen LogP contribution is 2.18. The maximum atomic E-state index is 12.1. The number of hydrogen-bond donors (Lipinski definition) is 2. The van der Waals surface area contributed by atoms with Crippen LogP contribution in [0.2, 0.25) is 0 Å². The molecule has 0 fully saturated rings. The fourth-order valence-corrected chi connectivity index (χ4v) is 1.81. The molecule has 1 aromatic carbocycles. The van der Waals surface area contributed by atoms with Gasteiger partial charge in [-0.05, 0) is 23.6 Å². The lowest BCUT2D eigenvalue weighted by molar-refractivity contribution is 0.102. The molecule has 0 unspecified atom stereocenters. The molecule has 3 N–H and O–H groups in total. The van der Waals surface area contributed by atoms with Gasteiger partial charge in [0, 0.05) is 12.2 Å². The van der Waals surface area contributed by atoms with Crippen molar-refractivity contribution in [2.24, 2.45) is 5.73 Å². The number of rotatable bonds is 5. The van der Waals surface area contributed by atoms with Crippen molar-refractivity contribution in [3.8, 4) is 0 Å². The van der Waals surface area contributed by atoms with E-state index in [-0.39, 0.29) is 11.6 Å². The Morgan fingerprint density at radius 3 is 2.95 bits per heavy atom. The standard InChI is InChI=1S/C14H19N5O/c1-10(2)11-4-3-5-12(8-11)16-14(20)13-9-19(7-6-15)18-17-13/h3-5,8-10H,6-7,15H2,1-2H3,(H,16,20). The molecule has 6 nitrogen and oxygen atoms in total. The second-order valence-corrected chi connectivity index (χ2v) is 4.89. The van der Waals surface area contributed by atoms with Crippen LogP contribution >= 0.6 is 0 Å². The molecule has 20 heavy (non-hydrogen) atoms. The summed E-state index contributed by atoms with van der Waals surface area (Å²) in [5.74, 6) is 0.145. The Hall–Kier alpha value is -2.21. The van der Waals surface area contributed by atoms with Crippen molar-refractivity contribution < 1.29 is 4.79 Å². The van der Waals surface area contributed by atoms with E-state index < -0.39 is 0 Å². The average Bonchev–Trinajstić information content (AvgIpc) is 2.88. The predicted octanol–water partition coefficient (Wildman–Crippen LogP) is 1.61. The highest BCUT2D eigenvalue weighted by molar-refractivity contribution is 6.02. The SMILES string of the molecule is CC(C)c1cccc(NC(=O)c2cn(CCN)nn2)c1. The minimum atomic E-state index is -0.269. The summed E-state index contributed by atoms with van der Waals surface area (Å²) in [5, 5.41) is 10.5. The normalized spacial score (nSPS) is 10.8. The number of amides is 1. The molecule has 0 bridgehead atoms. The second kappa shape index (κ2) is 6.29. The molecule has 0 atom stereocenters. The van der Waals surface area contributed by atoms with Crippen molar-refractivity contribution >= 4 is 11.6 Å². The topological polar surface area (TPSA) is 85.8 Å².